The third kappa shape index (κ3) is 1.57. The molecule has 1 heterocycles. The van der Waals surface area contributed by atoms with E-state index in [-0.39, 0.29) is 17.3 Å². The van der Waals surface area contributed by atoms with Crippen molar-refractivity contribution in [2.75, 3.05) is 0 Å². The zero-order valence-corrected chi connectivity index (χ0v) is 9.46. The Morgan fingerprint density at radius 2 is 1.56 bits per heavy atom. The Bertz CT molecular complexity index is 672. The molecule has 0 atom stereocenters. The van der Waals surface area contributed by atoms with E-state index < -0.39 is 0 Å². The normalized spacial score (nSPS) is 13.6. The van der Waals surface area contributed by atoms with Gasteiger partial charge in [-0.05, 0) is 29.3 Å². The number of carbonyl (C=O) groups excluding carboxylic acids is 2. The molecule has 0 saturated heterocycles. The third-order valence-corrected chi connectivity index (χ3v) is 2.90. The Hall–Kier alpha value is -2.55. The smallest absolute Gasteiger partial charge is 0.205 e. The fourth-order valence-corrected chi connectivity index (χ4v) is 2.07. The van der Waals surface area contributed by atoms with Crippen LogP contribution in [0.5, 0.6) is 0 Å². The number of ketones is 2. The highest BCUT2D eigenvalue weighted by Crippen LogP contribution is 2.27. The van der Waals surface area contributed by atoms with Gasteiger partial charge < -0.3 is 0 Å². The molecule has 3 heteroatoms. The first kappa shape index (κ1) is 10.6. The summed E-state index contributed by atoms with van der Waals surface area (Å²) in [7, 11) is 0. The van der Waals surface area contributed by atoms with Crippen molar-refractivity contribution in [3.63, 3.8) is 0 Å². The lowest BCUT2D eigenvalue weighted by molar-refractivity contribution is 0.0991. The molecule has 0 fully saturated rings. The van der Waals surface area contributed by atoms with E-state index in [1.165, 1.54) is 12.2 Å². The zero-order chi connectivity index (χ0) is 12.5. The number of hydrogen-bond donors (Lipinski definition) is 0. The molecule has 1 aromatic heterocycles. The molecular weight excluding hydrogens is 226 g/mol. The van der Waals surface area contributed by atoms with Gasteiger partial charge in [-0.1, -0.05) is 30.3 Å². The van der Waals surface area contributed by atoms with Crippen LogP contribution in [0, 0.1) is 0 Å². The van der Waals surface area contributed by atoms with Gasteiger partial charge in [-0.3, -0.25) is 14.6 Å². The Morgan fingerprint density at radius 3 is 2.33 bits per heavy atom. The van der Waals surface area contributed by atoms with Gasteiger partial charge in [-0.25, -0.2) is 0 Å². The van der Waals surface area contributed by atoms with Crippen LogP contribution in [-0.4, -0.2) is 16.6 Å². The van der Waals surface area contributed by atoms with E-state index >= 15 is 0 Å². The molecule has 1 aliphatic carbocycles. The van der Waals surface area contributed by atoms with Gasteiger partial charge in [0.2, 0.25) is 5.78 Å². The first-order chi connectivity index (χ1) is 8.77. The third-order valence-electron chi connectivity index (χ3n) is 2.90. The molecule has 0 amide bonds. The number of carbonyl (C=O) groups is 2. The molecule has 0 saturated carbocycles. The first-order valence-electron chi connectivity index (χ1n) is 5.58. The lowest BCUT2D eigenvalue weighted by atomic mass is 9.91. The minimum absolute atomic E-state index is 0.170. The number of aromatic nitrogens is 1. The molecule has 1 aliphatic rings. The highest BCUT2D eigenvalue weighted by atomic mass is 16.1. The van der Waals surface area contributed by atoms with Crippen molar-refractivity contribution in [1.82, 2.24) is 4.98 Å². The van der Waals surface area contributed by atoms with Crippen LogP contribution in [0.15, 0.2) is 54.7 Å². The standard InChI is InChI=1S/C15H9NO2/c17-12-6-7-13(18)15-14(12)11(8-9-16-15)10-4-2-1-3-5-10/h1-9H. The van der Waals surface area contributed by atoms with E-state index in [1.807, 2.05) is 30.3 Å². The maximum Gasteiger partial charge on any atom is 0.205 e. The van der Waals surface area contributed by atoms with Crippen LogP contribution >= 0.6 is 0 Å². The molecule has 0 spiro atoms. The fourth-order valence-electron chi connectivity index (χ4n) is 2.07. The number of benzene rings is 1. The maximum absolute atomic E-state index is 11.9. The van der Waals surface area contributed by atoms with E-state index in [4.69, 9.17) is 0 Å². The van der Waals surface area contributed by atoms with Crippen LogP contribution in [0.25, 0.3) is 11.1 Å². The van der Waals surface area contributed by atoms with E-state index in [0.29, 0.717) is 5.56 Å². The molecule has 3 rings (SSSR count). The van der Waals surface area contributed by atoms with Crippen LogP contribution < -0.4 is 0 Å². The molecule has 0 aliphatic heterocycles. The summed E-state index contributed by atoms with van der Waals surface area (Å²) in [4.78, 5) is 27.7. The van der Waals surface area contributed by atoms with Crippen molar-refractivity contribution in [2.24, 2.45) is 0 Å². The van der Waals surface area contributed by atoms with Gasteiger partial charge in [-0.2, -0.15) is 0 Å². The number of rotatable bonds is 1. The molecule has 0 radical (unpaired) electrons. The second-order valence-corrected chi connectivity index (χ2v) is 4.01. The van der Waals surface area contributed by atoms with Crippen LogP contribution in [0.2, 0.25) is 0 Å². The molecule has 0 bridgehead atoms. The Balaban J connectivity index is 2.29. The van der Waals surface area contributed by atoms with Gasteiger partial charge in [0.1, 0.15) is 5.69 Å². The molecular formula is C15H9NO2. The van der Waals surface area contributed by atoms with Crippen molar-refractivity contribution in [3.05, 3.63) is 66.0 Å². The predicted molar refractivity (Wildman–Crippen MR) is 67.5 cm³/mol. The quantitative estimate of drug-likeness (QED) is 0.763. The molecule has 2 aromatic rings. The number of pyridine rings is 1. The van der Waals surface area contributed by atoms with Crippen molar-refractivity contribution in [1.29, 1.82) is 0 Å². The van der Waals surface area contributed by atoms with Gasteiger partial charge in [0.15, 0.2) is 5.78 Å². The Morgan fingerprint density at radius 1 is 0.833 bits per heavy atom. The Labute approximate surface area is 104 Å². The summed E-state index contributed by atoms with van der Waals surface area (Å²) in [5.74, 6) is -0.390. The number of fused-ring (bicyclic) bond motifs is 1. The van der Waals surface area contributed by atoms with E-state index in [2.05, 4.69) is 4.98 Å². The monoisotopic (exact) mass is 235 g/mol. The second-order valence-electron chi connectivity index (χ2n) is 4.01. The van der Waals surface area contributed by atoms with Gasteiger partial charge in [0.25, 0.3) is 0 Å². The summed E-state index contributed by atoms with van der Waals surface area (Å²) >= 11 is 0. The number of nitrogens with zero attached hydrogens (tertiary/aromatic N) is 1. The number of hydrogen-bond acceptors (Lipinski definition) is 3. The highest BCUT2D eigenvalue weighted by Gasteiger charge is 2.23. The topological polar surface area (TPSA) is 47.0 Å². The van der Waals surface area contributed by atoms with Crippen molar-refractivity contribution in [2.45, 2.75) is 0 Å². The molecule has 0 N–H and O–H groups in total. The average Bonchev–Trinajstić information content (AvgIpc) is 2.43. The minimum Gasteiger partial charge on any atom is -0.289 e. The van der Waals surface area contributed by atoms with Crippen molar-refractivity contribution < 1.29 is 9.59 Å². The van der Waals surface area contributed by atoms with Gasteiger partial charge in [0, 0.05) is 6.20 Å². The Kier molecular flexibility index (Phi) is 2.38. The largest absolute Gasteiger partial charge is 0.289 e. The van der Waals surface area contributed by atoms with Gasteiger partial charge in [-0.15, -0.1) is 0 Å². The molecule has 1 aromatic carbocycles. The summed E-state index contributed by atoms with van der Waals surface area (Å²) in [6.07, 6.45) is 4.14. The van der Waals surface area contributed by atoms with E-state index in [0.717, 1.165) is 11.1 Å². The second kappa shape index (κ2) is 4.04. The van der Waals surface area contributed by atoms with E-state index in [9.17, 15) is 9.59 Å². The lowest BCUT2D eigenvalue weighted by Gasteiger charge is -2.12. The maximum atomic E-state index is 11.9. The molecule has 86 valence electrons. The van der Waals surface area contributed by atoms with Gasteiger partial charge in [0.05, 0.1) is 5.56 Å². The van der Waals surface area contributed by atoms with Crippen LogP contribution in [0.3, 0.4) is 0 Å². The lowest BCUT2D eigenvalue weighted by Crippen LogP contribution is -2.14. The van der Waals surface area contributed by atoms with Gasteiger partial charge >= 0.3 is 0 Å². The minimum atomic E-state index is -0.220. The average molecular weight is 235 g/mol. The SMILES string of the molecule is O=C1C=CC(=O)c2c(-c3ccccc3)ccnc21. The van der Waals surface area contributed by atoms with Crippen molar-refractivity contribution in [3.8, 4) is 11.1 Å². The zero-order valence-electron chi connectivity index (χ0n) is 9.46. The molecule has 3 nitrogen and oxygen atoms in total. The van der Waals surface area contributed by atoms with Crippen LogP contribution in [0.4, 0.5) is 0 Å². The first-order valence-corrected chi connectivity index (χ1v) is 5.58. The summed E-state index contributed by atoms with van der Waals surface area (Å²) in [5.41, 5.74) is 2.30. The summed E-state index contributed by atoms with van der Waals surface area (Å²) in [6, 6.07) is 11.3. The van der Waals surface area contributed by atoms with Crippen LogP contribution in [-0.2, 0) is 0 Å². The summed E-state index contributed by atoms with van der Waals surface area (Å²) < 4.78 is 0. The predicted octanol–water partition coefficient (Wildman–Crippen LogP) is 2.68. The highest BCUT2D eigenvalue weighted by molar-refractivity contribution is 6.23. The molecule has 0 unspecified atom stereocenters. The van der Waals surface area contributed by atoms with Crippen LogP contribution in [0.1, 0.15) is 20.8 Å². The summed E-state index contributed by atoms with van der Waals surface area (Å²) in [5, 5.41) is 0. The van der Waals surface area contributed by atoms with E-state index in [1.54, 1.807) is 12.3 Å². The van der Waals surface area contributed by atoms with Crippen molar-refractivity contribution >= 4 is 11.6 Å². The molecule has 18 heavy (non-hydrogen) atoms. The fraction of sp³-hybridized carbons (Fsp3) is 0. The number of allylic oxidation sites excluding steroid dienone is 2. The summed E-state index contributed by atoms with van der Waals surface area (Å²) in [6.45, 7) is 0.